The molecule has 0 aromatic carbocycles. The van der Waals surface area contributed by atoms with Gasteiger partial charge in [-0.2, -0.15) is 0 Å². The van der Waals surface area contributed by atoms with Crippen molar-refractivity contribution in [3.63, 3.8) is 0 Å². The molecule has 0 fully saturated rings. The number of nitrogens with one attached hydrogen (secondary N) is 1. The first-order valence-electron chi connectivity index (χ1n) is 14.8. The normalized spacial score (nSPS) is 12.8. The smallest absolute Gasteiger partial charge is 0.220 e. The van der Waals surface area contributed by atoms with Crippen molar-refractivity contribution in [3.8, 4) is 0 Å². The first-order valence-corrected chi connectivity index (χ1v) is 17.2. The molecule has 1 amide bonds. The van der Waals surface area contributed by atoms with E-state index in [1.807, 2.05) is 6.07 Å². The van der Waals surface area contributed by atoms with E-state index in [0.29, 0.717) is 24.9 Å². The summed E-state index contributed by atoms with van der Waals surface area (Å²) in [6.45, 7) is 7.13. The Kier molecular flexibility index (Phi) is 22.4. The Labute approximate surface area is 257 Å². The van der Waals surface area contributed by atoms with Gasteiger partial charge in [-0.25, -0.2) is 0 Å². The summed E-state index contributed by atoms with van der Waals surface area (Å²) >= 11 is 0. The zero-order valence-corrected chi connectivity index (χ0v) is 26.9. The second kappa shape index (κ2) is 25.2. The number of pyridine rings is 1. The number of hydrogen-bond acceptors (Lipinski definition) is 5. The van der Waals surface area contributed by atoms with E-state index in [4.69, 9.17) is 0 Å². The largest absolute Gasteiger partial charge is 0.355 e. The minimum absolute atomic E-state index is 0.0114. The number of rotatable bonds is 23. The lowest BCUT2D eigenvalue weighted by Gasteiger charge is -2.22. The number of carbonyl (C=O) groups excluding carboxylic acids is 2. The van der Waals surface area contributed by atoms with Crippen LogP contribution in [0.25, 0.3) is 0 Å². The van der Waals surface area contributed by atoms with Crippen LogP contribution in [0.15, 0.2) is 97.4 Å². The van der Waals surface area contributed by atoms with Gasteiger partial charge in [0.05, 0.1) is 0 Å². The first-order chi connectivity index (χ1) is 19.9. The van der Waals surface area contributed by atoms with Crippen LogP contribution in [0.3, 0.4) is 0 Å². The van der Waals surface area contributed by atoms with Crippen molar-refractivity contribution in [2.45, 2.75) is 89.7 Å². The van der Waals surface area contributed by atoms with E-state index in [0.717, 1.165) is 57.1 Å². The summed E-state index contributed by atoms with van der Waals surface area (Å²) in [5.74, 6) is 1.07. The molecule has 0 bridgehead atoms. The zero-order chi connectivity index (χ0) is 29.9. The van der Waals surface area contributed by atoms with Crippen LogP contribution < -0.4 is 5.32 Å². The minimum Gasteiger partial charge on any atom is -0.355 e. The Morgan fingerprint density at radius 2 is 1.39 bits per heavy atom. The fourth-order valence-electron chi connectivity index (χ4n) is 3.50. The van der Waals surface area contributed by atoms with Crippen molar-refractivity contribution >= 4 is 33.3 Å². The van der Waals surface area contributed by atoms with E-state index < -0.39 is 0 Å². The molecular weight excluding hydrogens is 545 g/mol. The van der Waals surface area contributed by atoms with Gasteiger partial charge < -0.3 is 5.32 Å². The van der Waals surface area contributed by atoms with E-state index in [1.165, 1.54) is 0 Å². The van der Waals surface area contributed by atoms with Crippen LogP contribution in [-0.2, 0) is 4.79 Å². The van der Waals surface area contributed by atoms with Gasteiger partial charge in [-0.1, -0.05) is 101 Å². The summed E-state index contributed by atoms with van der Waals surface area (Å²) in [5.41, 5.74) is 0.674. The van der Waals surface area contributed by atoms with Crippen molar-refractivity contribution < 1.29 is 9.59 Å². The molecule has 0 aliphatic heterocycles. The maximum Gasteiger partial charge on any atom is 0.220 e. The second-order valence-electron chi connectivity index (χ2n) is 10.1. The molecule has 1 aromatic heterocycles. The molecule has 0 spiro atoms. The average Bonchev–Trinajstić information content (AvgIpc) is 2.97. The molecule has 6 heteroatoms. The number of Topliss-reactive ketones (excluding diaryl/α,β-unsaturated/α-hetero) is 1. The van der Waals surface area contributed by atoms with Crippen molar-refractivity contribution in [3.05, 3.63) is 103 Å². The molecule has 0 saturated carbocycles. The standard InChI is InChI=1S/C35H50N2O2S2/c1-4-5-6-7-8-9-10-11-12-13-14-15-16-17-18-19-20-21-22-25-34(39)37-29-30-40-41-35(2,3)27-26-33(38)32-24-23-28-36-31-32/h5-6,8-9,11-12,14-15,17-18,20-21,23-24,28,31H,4,7,10,13,16,19,22,25-27,29-30H2,1-3H3,(H,37,39)/b6-5-,9-8-,12-11-,15-14-,18-17-,21-20-. The summed E-state index contributed by atoms with van der Waals surface area (Å²) in [4.78, 5) is 28.4. The molecule has 1 rings (SSSR count). The molecular formula is C35H50N2O2S2. The van der Waals surface area contributed by atoms with E-state index in [9.17, 15) is 9.59 Å². The Bertz CT molecular complexity index is 1010. The molecule has 0 unspecified atom stereocenters. The van der Waals surface area contributed by atoms with Crippen LogP contribution in [0.2, 0.25) is 0 Å². The summed E-state index contributed by atoms with van der Waals surface area (Å²) in [6, 6.07) is 3.61. The molecule has 0 atom stereocenters. The number of nitrogens with zero attached hydrogens (tertiary/aromatic N) is 1. The van der Waals surface area contributed by atoms with Crippen LogP contribution in [0.5, 0.6) is 0 Å². The van der Waals surface area contributed by atoms with E-state index in [1.54, 1.807) is 40.0 Å². The number of ketones is 1. The van der Waals surface area contributed by atoms with Crippen LogP contribution >= 0.6 is 21.6 Å². The van der Waals surface area contributed by atoms with Gasteiger partial charge >= 0.3 is 0 Å². The highest BCUT2D eigenvalue weighted by atomic mass is 33.1. The highest BCUT2D eigenvalue weighted by molar-refractivity contribution is 8.77. The lowest BCUT2D eigenvalue weighted by Crippen LogP contribution is -2.25. The predicted octanol–water partition coefficient (Wildman–Crippen LogP) is 9.80. The number of amides is 1. The Morgan fingerprint density at radius 1 is 0.829 bits per heavy atom. The summed E-state index contributed by atoms with van der Waals surface area (Å²) in [7, 11) is 3.52. The SMILES string of the molecule is CC/C=C\C/C=C\C/C=C\C/C=C\C/C=C\C/C=C\CCC(=O)NCCSSC(C)(C)CCC(=O)c1cccnc1. The third kappa shape index (κ3) is 22.8. The van der Waals surface area contributed by atoms with Gasteiger partial charge in [-0.05, 0) is 77.3 Å². The Balaban J connectivity index is 1.99. The number of carbonyl (C=O) groups is 2. The second-order valence-corrected chi connectivity index (χ2v) is 13.3. The van der Waals surface area contributed by atoms with Crippen LogP contribution in [0.1, 0.15) is 95.3 Å². The molecule has 41 heavy (non-hydrogen) atoms. The molecule has 0 aliphatic rings. The Morgan fingerprint density at radius 3 is 1.93 bits per heavy atom. The predicted molar refractivity (Wildman–Crippen MR) is 182 cm³/mol. The maximum atomic E-state index is 12.3. The molecule has 1 heterocycles. The zero-order valence-electron chi connectivity index (χ0n) is 25.3. The summed E-state index contributed by atoms with van der Waals surface area (Å²) < 4.78 is -0.0114. The number of hydrogen-bond donors (Lipinski definition) is 1. The maximum absolute atomic E-state index is 12.3. The number of aromatic nitrogens is 1. The topological polar surface area (TPSA) is 59.1 Å². The van der Waals surface area contributed by atoms with Crippen molar-refractivity contribution in [2.75, 3.05) is 12.3 Å². The van der Waals surface area contributed by atoms with Gasteiger partial charge in [0, 0.05) is 47.8 Å². The molecule has 0 saturated heterocycles. The van der Waals surface area contributed by atoms with Crippen LogP contribution in [0, 0.1) is 0 Å². The highest BCUT2D eigenvalue weighted by Gasteiger charge is 2.21. The van der Waals surface area contributed by atoms with E-state index >= 15 is 0 Å². The molecule has 0 radical (unpaired) electrons. The quantitative estimate of drug-likeness (QED) is 0.0591. The molecule has 0 aliphatic carbocycles. The average molecular weight is 595 g/mol. The van der Waals surface area contributed by atoms with Crippen LogP contribution in [-0.4, -0.2) is 33.7 Å². The highest BCUT2D eigenvalue weighted by Crippen LogP contribution is 2.38. The van der Waals surface area contributed by atoms with Crippen LogP contribution in [0.4, 0.5) is 0 Å². The van der Waals surface area contributed by atoms with Gasteiger partial charge in [0.15, 0.2) is 5.78 Å². The number of allylic oxidation sites excluding steroid dienone is 12. The third-order valence-corrected chi connectivity index (χ3v) is 9.22. The lowest BCUT2D eigenvalue weighted by molar-refractivity contribution is -0.120. The molecule has 4 nitrogen and oxygen atoms in total. The van der Waals surface area contributed by atoms with Gasteiger partial charge in [-0.3, -0.25) is 14.6 Å². The summed E-state index contributed by atoms with van der Waals surface area (Å²) in [5, 5.41) is 3.00. The van der Waals surface area contributed by atoms with Gasteiger partial charge in [0.25, 0.3) is 0 Å². The van der Waals surface area contributed by atoms with Crippen molar-refractivity contribution in [2.24, 2.45) is 0 Å². The third-order valence-electron chi connectivity index (χ3n) is 5.86. The molecule has 1 aromatic rings. The molecule has 1 N–H and O–H groups in total. The first kappa shape index (κ1) is 36.5. The Hall–Kier alpha value is -2.57. The van der Waals surface area contributed by atoms with Gasteiger partial charge in [0.2, 0.25) is 5.91 Å². The van der Waals surface area contributed by atoms with Gasteiger partial charge in [-0.15, -0.1) is 0 Å². The van der Waals surface area contributed by atoms with Gasteiger partial charge in [0.1, 0.15) is 0 Å². The fraction of sp³-hybridized carbons (Fsp3) is 0.457. The minimum atomic E-state index is -0.0114. The molecule has 224 valence electrons. The summed E-state index contributed by atoms with van der Waals surface area (Å²) in [6.07, 6.45) is 38.0. The van der Waals surface area contributed by atoms with Crippen molar-refractivity contribution in [1.82, 2.24) is 10.3 Å². The van der Waals surface area contributed by atoms with E-state index in [-0.39, 0.29) is 16.4 Å². The monoisotopic (exact) mass is 594 g/mol. The van der Waals surface area contributed by atoms with Crippen molar-refractivity contribution in [1.29, 1.82) is 0 Å². The fourth-order valence-corrected chi connectivity index (χ4v) is 5.98. The van der Waals surface area contributed by atoms with E-state index in [2.05, 4.69) is 104 Å². The lowest BCUT2D eigenvalue weighted by atomic mass is 10.0.